The zero-order chi connectivity index (χ0) is 14.8. The number of amides is 2. The molecule has 0 radical (unpaired) electrons. The zero-order valence-corrected chi connectivity index (χ0v) is 12.3. The quantitative estimate of drug-likeness (QED) is 0.721. The summed E-state index contributed by atoms with van der Waals surface area (Å²) in [5.74, 6) is -0.206. The van der Waals surface area contributed by atoms with E-state index in [1.807, 2.05) is 6.92 Å². The maximum absolute atomic E-state index is 13.3. The molecule has 0 atom stereocenters. The smallest absolute Gasteiger partial charge is 0.239 e. The average molecular weight is 298 g/mol. The molecule has 1 aromatic rings. The van der Waals surface area contributed by atoms with Crippen LogP contribution in [0.4, 0.5) is 4.39 Å². The van der Waals surface area contributed by atoms with Crippen LogP contribution in [0.3, 0.4) is 0 Å². The Morgan fingerprint density at radius 2 is 1.95 bits per heavy atom. The first kappa shape index (κ1) is 16.5. The van der Waals surface area contributed by atoms with Crippen molar-refractivity contribution in [3.05, 3.63) is 30.1 Å². The molecular formula is C14H19FN2O2S. The molecule has 4 nitrogen and oxygen atoms in total. The van der Waals surface area contributed by atoms with Crippen molar-refractivity contribution in [2.75, 3.05) is 18.8 Å². The van der Waals surface area contributed by atoms with Crippen LogP contribution in [0.25, 0.3) is 0 Å². The average Bonchev–Trinajstić information content (AvgIpc) is 2.45. The van der Waals surface area contributed by atoms with E-state index in [1.165, 1.54) is 17.8 Å². The summed E-state index contributed by atoms with van der Waals surface area (Å²) in [5, 5.41) is 5.20. The molecule has 0 spiro atoms. The van der Waals surface area contributed by atoms with Crippen molar-refractivity contribution in [2.45, 2.75) is 24.7 Å². The highest BCUT2D eigenvalue weighted by molar-refractivity contribution is 7.99. The molecule has 0 aromatic heterocycles. The standard InChI is InChI=1S/C14H19FN2O2S/c1-2-8-16-14(19)10-17-13(18)7-9-20-12-6-4-3-5-11(12)15/h3-6H,2,7-10H2,1H3,(H,16,19)(H,17,18). The van der Waals surface area contributed by atoms with E-state index in [0.29, 0.717) is 17.2 Å². The maximum atomic E-state index is 13.3. The first-order chi connectivity index (χ1) is 9.63. The number of rotatable bonds is 8. The summed E-state index contributed by atoms with van der Waals surface area (Å²) in [7, 11) is 0. The number of halogens is 1. The molecular weight excluding hydrogens is 279 g/mol. The highest BCUT2D eigenvalue weighted by Crippen LogP contribution is 2.21. The minimum Gasteiger partial charge on any atom is -0.355 e. The Morgan fingerprint density at radius 1 is 1.20 bits per heavy atom. The van der Waals surface area contributed by atoms with Gasteiger partial charge in [-0.05, 0) is 18.6 Å². The second kappa shape index (κ2) is 9.36. The third kappa shape index (κ3) is 6.56. The Morgan fingerprint density at radius 3 is 2.65 bits per heavy atom. The molecule has 0 unspecified atom stereocenters. The van der Waals surface area contributed by atoms with Gasteiger partial charge in [-0.3, -0.25) is 9.59 Å². The lowest BCUT2D eigenvalue weighted by Crippen LogP contribution is -2.37. The summed E-state index contributed by atoms with van der Waals surface area (Å²) in [5.41, 5.74) is 0. The molecule has 0 aliphatic carbocycles. The van der Waals surface area contributed by atoms with Gasteiger partial charge in [0.2, 0.25) is 11.8 Å². The van der Waals surface area contributed by atoms with E-state index in [9.17, 15) is 14.0 Å². The molecule has 0 heterocycles. The number of nitrogens with one attached hydrogen (secondary N) is 2. The van der Waals surface area contributed by atoms with Gasteiger partial charge in [0.05, 0.1) is 6.54 Å². The van der Waals surface area contributed by atoms with Gasteiger partial charge in [-0.1, -0.05) is 19.1 Å². The first-order valence-corrected chi connectivity index (χ1v) is 7.52. The summed E-state index contributed by atoms with van der Waals surface area (Å²) in [4.78, 5) is 23.3. The molecule has 0 aliphatic heterocycles. The minimum atomic E-state index is -0.281. The second-order valence-corrected chi connectivity index (χ2v) is 5.29. The van der Waals surface area contributed by atoms with Crippen LogP contribution in [-0.4, -0.2) is 30.7 Å². The minimum absolute atomic E-state index is 0.0107. The number of carbonyl (C=O) groups is 2. The van der Waals surface area contributed by atoms with Crippen LogP contribution in [0.15, 0.2) is 29.2 Å². The van der Waals surface area contributed by atoms with Crippen LogP contribution in [0.1, 0.15) is 19.8 Å². The van der Waals surface area contributed by atoms with Crippen LogP contribution < -0.4 is 10.6 Å². The second-order valence-electron chi connectivity index (χ2n) is 4.16. The molecule has 20 heavy (non-hydrogen) atoms. The summed E-state index contributed by atoms with van der Waals surface area (Å²) in [6.07, 6.45) is 1.11. The third-order valence-electron chi connectivity index (χ3n) is 2.44. The van der Waals surface area contributed by atoms with Gasteiger partial charge in [0.1, 0.15) is 5.82 Å². The SMILES string of the molecule is CCCNC(=O)CNC(=O)CCSc1ccccc1F. The fourth-order valence-corrected chi connectivity index (χ4v) is 2.30. The van der Waals surface area contributed by atoms with Gasteiger partial charge in [-0.25, -0.2) is 4.39 Å². The molecule has 110 valence electrons. The number of hydrogen-bond acceptors (Lipinski definition) is 3. The molecule has 0 saturated heterocycles. The molecule has 0 saturated carbocycles. The van der Waals surface area contributed by atoms with E-state index < -0.39 is 0 Å². The molecule has 1 rings (SSSR count). The Hall–Kier alpha value is -1.56. The molecule has 0 bridgehead atoms. The molecule has 1 aromatic carbocycles. The van der Waals surface area contributed by atoms with Crippen molar-refractivity contribution in [3.63, 3.8) is 0 Å². The molecule has 2 N–H and O–H groups in total. The Bertz CT molecular complexity index is 455. The fourth-order valence-electron chi connectivity index (χ4n) is 1.41. The van der Waals surface area contributed by atoms with Crippen molar-refractivity contribution >= 4 is 23.6 Å². The van der Waals surface area contributed by atoms with Crippen LogP contribution in [0.5, 0.6) is 0 Å². The Balaban J connectivity index is 2.17. The number of hydrogen-bond donors (Lipinski definition) is 2. The van der Waals surface area contributed by atoms with Crippen molar-refractivity contribution < 1.29 is 14.0 Å². The Labute approximate surface area is 122 Å². The van der Waals surface area contributed by atoms with E-state index in [-0.39, 0.29) is 30.6 Å². The molecule has 2 amide bonds. The summed E-state index contributed by atoms with van der Waals surface area (Å²) in [6.45, 7) is 2.56. The van der Waals surface area contributed by atoms with Gasteiger partial charge in [0.25, 0.3) is 0 Å². The van der Waals surface area contributed by atoms with Crippen LogP contribution in [0, 0.1) is 5.82 Å². The first-order valence-electron chi connectivity index (χ1n) is 6.54. The van der Waals surface area contributed by atoms with Gasteiger partial charge in [0, 0.05) is 23.6 Å². The number of thioether (sulfide) groups is 1. The Kier molecular flexibility index (Phi) is 7.72. The van der Waals surface area contributed by atoms with E-state index in [2.05, 4.69) is 10.6 Å². The molecule has 0 fully saturated rings. The van der Waals surface area contributed by atoms with E-state index in [4.69, 9.17) is 0 Å². The van der Waals surface area contributed by atoms with Crippen molar-refractivity contribution in [1.82, 2.24) is 10.6 Å². The van der Waals surface area contributed by atoms with Crippen LogP contribution >= 0.6 is 11.8 Å². The third-order valence-corrected chi connectivity index (χ3v) is 3.49. The lowest BCUT2D eigenvalue weighted by atomic mass is 10.3. The monoisotopic (exact) mass is 298 g/mol. The van der Waals surface area contributed by atoms with E-state index >= 15 is 0 Å². The summed E-state index contributed by atoms with van der Waals surface area (Å²) in [6, 6.07) is 6.45. The predicted octanol–water partition coefficient (Wildman–Crippen LogP) is 1.95. The molecule has 0 aliphatic rings. The predicted molar refractivity (Wildman–Crippen MR) is 78.1 cm³/mol. The number of carbonyl (C=O) groups excluding carboxylic acids is 2. The molecule has 6 heteroatoms. The fraction of sp³-hybridized carbons (Fsp3) is 0.429. The van der Waals surface area contributed by atoms with Crippen LogP contribution in [0.2, 0.25) is 0 Å². The lowest BCUT2D eigenvalue weighted by Gasteiger charge is -2.06. The van der Waals surface area contributed by atoms with Gasteiger partial charge in [0.15, 0.2) is 0 Å². The highest BCUT2D eigenvalue weighted by atomic mass is 32.2. The highest BCUT2D eigenvalue weighted by Gasteiger charge is 2.06. The van der Waals surface area contributed by atoms with Gasteiger partial charge < -0.3 is 10.6 Å². The van der Waals surface area contributed by atoms with Crippen molar-refractivity contribution in [2.24, 2.45) is 0 Å². The topological polar surface area (TPSA) is 58.2 Å². The van der Waals surface area contributed by atoms with Gasteiger partial charge >= 0.3 is 0 Å². The van der Waals surface area contributed by atoms with Crippen molar-refractivity contribution in [1.29, 1.82) is 0 Å². The zero-order valence-electron chi connectivity index (χ0n) is 11.4. The van der Waals surface area contributed by atoms with Crippen molar-refractivity contribution in [3.8, 4) is 0 Å². The largest absolute Gasteiger partial charge is 0.355 e. The van der Waals surface area contributed by atoms with Gasteiger partial charge in [-0.15, -0.1) is 11.8 Å². The maximum Gasteiger partial charge on any atom is 0.239 e. The summed E-state index contributed by atoms with van der Waals surface area (Å²) >= 11 is 1.29. The number of benzene rings is 1. The van der Waals surface area contributed by atoms with Gasteiger partial charge in [-0.2, -0.15) is 0 Å². The van der Waals surface area contributed by atoms with E-state index in [0.717, 1.165) is 6.42 Å². The lowest BCUT2D eigenvalue weighted by molar-refractivity contribution is -0.125. The normalized spacial score (nSPS) is 10.1. The summed E-state index contributed by atoms with van der Waals surface area (Å²) < 4.78 is 13.3. The van der Waals surface area contributed by atoms with E-state index in [1.54, 1.807) is 18.2 Å². The van der Waals surface area contributed by atoms with Crippen LogP contribution in [-0.2, 0) is 9.59 Å².